The average Bonchev–Trinajstić information content (AvgIpc) is 3.32. The van der Waals surface area contributed by atoms with Gasteiger partial charge in [0.25, 0.3) is 6.47 Å². The van der Waals surface area contributed by atoms with Crippen molar-refractivity contribution in [3.8, 4) is 0 Å². The summed E-state index contributed by atoms with van der Waals surface area (Å²) in [5, 5.41) is 19.6. The lowest BCUT2D eigenvalue weighted by atomic mass is 9.73. The highest BCUT2D eigenvalue weighted by atomic mass is 16.3. The molecule has 2 heterocycles. The number of likely N-dealkylation sites (tertiary alicyclic amines) is 1. The number of rotatable bonds is 6. The van der Waals surface area contributed by atoms with Crippen LogP contribution < -0.4 is 5.32 Å². The molecule has 2 atom stereocenters. The van der Waals surface area contributed by atoms with E-state index in [0.717, 1.165) is 24.1 Å². The Morgan fingerprint density at radius 1 is 1.18 bits per heavy atom. The quantitative estimate of drug-likeness (QED) is 0.584. The summed E-state index contributed by atoms with van der Waals surface area (Å²) in [5.74, 6) is 0.0136. The number of benzene rings is 2. The van der Waals surface area contributed by atoms with Crippen LogP contribution in [-0.4, -0.2) is 52.6 Å². The number of carbonyl (C=O) groups is 3. The van der Waals surface area contributed by atoms with Crippen LogP contribution in [0.15, 0.2) is 54.6 Å². The molecule has 7 heteroatoms. The Kier molecular flexibility index (Phi) is 7.53. The molecule has 176 valence electrons. The van der Waals surface area contributed by atoms with Crippen LogP contribution >= 0.6 is 0 Å². The molecule has 0 radical (unpaired) electrons. The minimum absolute atomic E-state index is 0.00141. The van der Waals surface area contributed by atoms with Crippen molar-refractivity contribution >= 4 is 24.0 Å². The maximum Gasteiger partial charge on any atom is 0.290 e. The Labute approximate surface area is 194 Å². The number of nitrogens with zero attached hydrogens (tertiary/aromatic N) is 1. The summed E-state index contributed by atoms with van der Waals surface area (Å²) in [6.45, 7) is 4.05. The average molecular weight is 453 g/mol. The van der Waals surface area contributed by atoms with E-state index in [-0.39, 0.29) is 37.4 Å². The number of carboxylic acid groups (broad SMARTS) is 1. The molecule has 0 bridgehead atoms. The minimum Gasteiger partial charge on any atom is -0.483 e. The van der Waals surface area contributed by atoms with Gasteiger partial charge in [0.05, 0.1) is 11.5 Å². The molecule has 2 aromatic carbocycles. The molecule has 7 nitrogen and oxygen atoms in total. The molecule has 0 saturated carbocycles. The van der Waals surface area contributed by atoms with Crippen molar-refractivity contribution in [3.63, 3.8) is 0 Å². The second-order valence-electron chi connectivity index (χ2n) is 9.45. The zero-order valence-electron chi connectivity index (χ0n) is 19.2. The lowest BCUT2D eigenvalue weighted by molar-refractivity contribution is -0.136. The van der Waals surface area contributed by atoms with E-state index < -0.39 is 10.8 Å². The molecule has 0 aliphatic carbocycles. The monoisotopic (exact) mass is 452 g/mol. The minimum atomic E-state index is -0.704. The first kappa shape index (κ1) is 24.5. The number of aliphatic hydroxyl groups is 1. The van der Waals surface area contributed by atoms with Crippen LogP contribution in [0.4, 0.5) is 5.69 Å². The molecule has 0 unspecified atom stereocenters. The van der Waals surface area contributed by atoms with E-state index in [1.807, 2.05) is 61.2 Å². The standard InChI is InChI=1S/C25H30N2O3.CH2O2/c1-24(2,17-28)16-22(29)27-15-14-25(19-10-6-7-11-20(19)26-23(25)30)21(27)13-12-18-8-4-3-5-9-18;2-1-3/h3-11,21,28H,12-17H2,1-2H3,(H,26,30);1H,(H,2,3)/t21-,25+;/m0./s1. The van der Waals surface area contributed by atoms with Crippen molar-refractivity contribution < 1.29 is 24.6 Å². The first-order valence-corrected chi connectivity index (χ1v) is 11.2. The molecule has 1 saturated heterocycles. The van der Waals surface area contributed by atoms with Crippen molar-refractivity contribution in [1.29, 1.82) is 0 Å². The number of hydrogen-bond acceptors (Lipinski definition) is 4. The van der Waals surface area contributed by atoms with E-state index in [9.17, 15) is 14.7 Å². The number of fused-ring (bicyclic) bond motifs is 2. The first-order valence-electron chi connectivity index (χ1n) is 11.2. The van der Waals surface area contributed by atoms with Gasteiger partial charge in [0.2, 0.25) is 11.8 Å². The van der Waals surface area contributed by atoms with Gasteiger partial charge in [0.1, 0.15) is 0 Å². The van der Waals surface area contributed by atoms with Crippen molar-refractivity contribution in [2.24, 2.45) is 5.41 Å². The highest BCUT2D eigenvalue weighted by Gasteiger charge is 2.58. The molecule has 3 N–H and O–H groups in total. The Morgan fingerprint density at radius 2 is 1.82 bits per heavy atom. The molecule has 2 aromatic rings. The Morgan fingerprint density at radius 3 is 2.48 bits per heavy atom. The Balaban J connectivity index is 0.000000968. The SMILES string of the molecule is CC(C)(CO)CC(=O)N1CC[C@]2(C(=O)Nc3ccccc32)[C@@H]1CCc1ccccc1.O=CO. The highest BCUT2D eigenvalue weighted by Crippen LogP contribution is 2.49. The molecule has 4 rings (SSSR count). The summed E-state index contributed by atoms with van der Waals surface area (Å²) in [5.41, 5.74) is 1.88. The summed E-state index contributed by atoms with van der Waals surface area (Å²) in [6.07, 6.45) is 2.41. The summed E-state index contributed by atoms with van der Waals surface area (Å²) >= 11 is 0. The lowest BCUT2D eigenvalue weighted by Crippen LogP contribution is -2.49. The fraction of sp³-hybridized carbons (Fsp3) is 0.423. The Bertz CT molecular complexity index is 991. The number of aliphatic hydroxyl groups excluding tert-OH is 1. The second kappa shape index (κ2) is 10.2. The number of aryl methyl sites for hydroxylation is 1. The van der Waals surface area contributed by atoms with Crippen LogP contribution in [0.25, 0.3) is 0 Å². The zero-order chi connectivity index (χ0) is 24.1. The van der Waals surface area contributed by atoms with Crippen molar-refractivity contribution in [1.82, 2.24) is 4.90 Å². The van der Waals surface area contributed by atoms with Crippen LogP contribution in [0.2, 0.25) is 0 Å². The number of carbonyl (C=O) groups excluding carboxylic acids is 2. The van der Waals surface area contributed by atoms with E-state index >= 15 is 0 Å². The van der Waals surface area contributed by atoms with Crippen LogP contribution in [0, 0.1) is 5.41 Å². The van der Waals surface area contributed by atoms with Crippen molar-refractivity contribution in [2.45, 2.75) is 51.0 Å². The Hall–Kier alpha value is -3.19. The maximum absolute atomic E-state index is 13.3. The van der Waals surface area contributed by atoms with Gasteiger partial charge in [-0.15, -0.1) is 0 Å². The molecule has 2 amide bonds. The third-order valence-electron chi connectivity index (χ3n) is 6.68. The van der Waals surface area contributed by atoms with Crippen molar-refractivity contribution in [3.05, 3.63) is 65.7 Å². The number of anilines is 1. The summed E-state index contributed by atoms with van der Waals surface area (Å²) in [6, 6.07) is 17.9. The first-order chi connectivity index (χ1) is 15.8. The molecule has 1 spiro atoms. The van der Waals surface area contributed by atoms with Crippen LogP contribution in [0.5, 0.6) is 0 Å². The zero-order valence-corrected chi connectivity index (χ0v) is 19.2. The van der Waals surface area contributed by atoms with Gasteiger partial charge in [-0.2, -0.15) is 0 Å². The predicted molar refractivity (Wildman–Crippen MR) is 126 cm³/mol. The summed E-state index contributed by atoms with van der Waals surface area (Å²) < 4.78 is 0. The third-order valence-corrected chi connectivity index (χ3v) is 6.68. The van der Waals surface area contributed by atoms with E-state index in [1.165, 1.54) is 5.56 Å². The normalized spacial score (nSPS) is 21.2. The smallest absolute Gasteiger partial charge is 0.290 e. The van der Waals surface area contributed by atoms with Gasteiger partial charge in [-0.3, -0.25) is 14.4 Å². The molecule has 2 aliphatic rings. The van der Waals surface area contributed by atoms with Gasteiger partial charge in [-0.25, -0.2) is 0 Å². The molecule has 2 aliphatic heterocycles. The fourth-order valence-electron chi connectivity index (χ4n) is 5.02. The van der Waals surface area contributed by atoms with Gasteiger partial charge in [0.15, 0.2) is 0 Å². The van der Waals surface area contributed by atoms with Gasteiger partial charge in [-0.1, -0.05) is 62.4 Å². The predicted octanol–water partition coefficient (Wildman–Crippen LogP) is 3.22. The third kappa shape index (κ3) is 4.93. The van der Waals surface area contributed by atoms with Crippen LogP contribution in [0.3, 0.4) is 0 Å². The van der Waals surface area contributed by atoms with Gasteiger partial charge >= 0.3 is 0 Å². The molecular weight excluding hydrogens is 420 g/mol. The molecule has 0 aromatic heterocycles. The number of hydrogen-bond donors (Lipinski definition) is 3. The van der Waals surface area contributed by atoms with Gasteiger partial charge < -0.3 is 20.4 Å². The summed E-state index contributed by atoms with van der Waals surface area (Å²) in [4.78, 5) is 36.8. The van der Waals surface area contributed by atoms with Gasteiger partial charge in [-0.05, 0) is 41.9 Å². The van der Waals surface area contributed by atoms with E-state index in [1.54, 1.807) is 0 Å². The number of amides is 2. The van der Waals surface area contributed by atoms with Crippen LogP contribution in [-0.2, 0) is 26.2 Å². The lowest BCUT2D eigenvalue weighted by Gasteiger charge is -2.35. The van der Waals surface area contributed by atoms with E-state index in [4.69, 9.17) is 9.90 Å². The van der Waals surface area contributed by atoms with Crippen molar-refractivity contribution in [2.75, 3.05) is 18.5 Å². The number of nitrogens with one attached hydrogen (secondary N) is 1. The number of para-hydroxylation sites is 1. The van der Waals surface area contributed by atoms with E-state index in [0.29, 0.717) is 13.0 Å². The van der Waals surface area contributed by atoms with Gasteiger partial charge in [0, 0.05) is 25.3 Å². The van der Waals surface area contributed by atoms with E-state index in [2.05, 4.69) is 17.4 Å². The second-order valence-corrected chi connectivity index (χ2v) is 9.45. The molecule has 33 heavy (non-hydrogen) atoms. The molecule has 1 fully saturated rings. The largest absolute Gasteiger partial charge is 0.483 e. The maximum atomic E-state index is 13.3. The highest BCUT2D eigenvalue weighted by molar-refractivity contribution is 6.07. The van der Waals surface area contributed by atoms with Crippen LogP contribution in [0.1, 0.15) is 44.2 Å². The fourth-order valence-corrected chi connectivity index (χ4v) is 5.02. The molecular formula is C26H32N2O5. The summed E-state index contributed by atoms with van der Waals surface area (Å²) in [7, 11) is 0. The topological polar surface area (TPSA) is 107 Å².